The number of halogens is 2. The highest BCUT2D eigenvalue weighted by Gasteiger charge is 2.13. The Kier molecular flexibility index (Phi) is 5.29. The van der Waals surface area contributed by atoms with Crippen LogP contribution in [0, 0.1) is 5.82 Å². The lowest BCUT2D eigenvalue weighted by Crippen LogP contribution is -2.25. The number of rotatable bonds is 5. The third-order valence-corrected chi connectivity index (χ3v) is 3.72. The molecule has 0 saturated heterocycles. The summed E-state index contributed by atoms with van der Waals surface area (Å²) in [6.07, 6.45) is -0.623. The molecule has 0 saturated carbocycles. The molecule has 0 radical (unpaired) electrons. The van der Waals surface area contributed by atoms with E-state index in [-0.39, 0.29) is 11.9 Å². The summed E-state index contributed by atoms with van der Waals surface area (Å²) in [5, 5.41) is 13.3. The average Bonchev–Trinajstić information content (AvgIpc) is 2.45. The summed E-state index contributed by atoms with van der Waals surface area (Å²) in [5.74, 6) is -0.232. The molecular formula is C16H17BrFNO. The molecule has 0 bridgehead atoms. The van der Waals surface area contributed by atoms with Crippen molar-refractivity contribution >= 4 is 15.9 Å². The van der Waals surface area contributed by atoms with Crippen molar-refractivity contribution in [3.63, 3.8) is 0 Å². The fourth-order valence-corrected chi connectivity index (χ4v) is 2.47. The van der Waals surface area contributed by atoms with Gasteiger partial charge >= 0.3 is 0 Å². The maximum absolute atomic E-state index is 13.6. The summed E-state index contributed by atoms with van der Waals surface area (Å²) >= 11 is 3.38. The lowest BCUT2D eigenvalue weighted by atomic mass is 10.1. The number of nitrogens with one attached hydrogen (secondary N) is 1. The minimum atomic E-state index is -0.623. The molecule has 0 fully saturated rings. The summed E-state index contributed by atoms with van der Waals surface area (Å²) in [5.41, 5.74) is 1.43. The second kappa shape index (κ2) is 6.97. The fraction of sp³-hybridized carbons (Fsp3) is 0.250. The van der Waals surface area contributed by atoms with Gasteiger partial charge in [0.25, 0.3) is 0 Å². The summed E-state index contributed by atoms with van der Waals surface area (Å²) < 4.78 is 14.6. The van der Waals surface area contributed by atoms with Gasteiger partial charge in [-0.25, -0.2) is 4.39 Å². The van der Waals surface area contributed by atoms with E-state index < -0.39 is 6.10 Å². The molecule has 2 rings (SSSR count). The monoisotopic (exact) mass is 337 g/mol. The van der Waals surface area contributed by atoms with Gasteiger partial charge in [0.1, 0.15) is 5.82 Å². The standard InChI is InChI=1S/C16H17BrFNO/c1-11(14-7-2-3-8-15(14)18)19-10-16(20)12-5-4-6-13(17)9-12/h2-9,11,16,19-20H,10H2,1H3/t11-,16?/m1/s1. The van der Waals surface area contributed by atoms with E-state index in [9.17, 15) is 9.50 Å². The van der Waals surface area contributed by atoms with Crippen molar-refractivity contribution in [2.75, 3.05) is 6.54 Å². The molecule has 2 aromatic carbocycles. The second-order valence-electron chi connectivity index (χ2n) is 4.72. The maximum Gasteiger partial charge on any atom is 0.127 e. The topological polar surface area (TPSA) is 32.3 Å². The summed E-state index contributed by atoms with van der Waals surface area (Å²) in [6, 6.07) is 14.0. The SMILES string of the molecule is C[C@@H](NCC(O)c1cccc(Br)c1)c1ccccc1F. The zero-order valence-corrected chi connectivity index (χ0v) is 12.8. The summed E-state index contributed by atoms with van der Waals surface area (Å²) in [7, 11) is 0. The molecule has 0 aliphatic carbocycles. The van der Waals surface area contributed by atoms with E-state index in [1.54, 1.807) is 18.2 Å². The van der Waals surface area contributed by atoms with Crippen LogP contribution in [-0.2, 0) is 0 Å². The van der Waals surface area contributed by atoms with E-state index in [0.29, 0.717) is 12.1 Å². The van der Waals surface area contributed by atoms with Crippen molar-refractivity contribution in [3.05, 3.63) is 69.9 Å². The van der Waals surface area contributed by atoms with Crippen LogP contribution in [0.25, 0.3) is 0 Å². The van der Waals surface area contributed by atoms with E-state index in [4.69, 9.17) is 0 Å². The van der Waals surface area contributed by atoms with Gasteiger partial charge in [-0.15, -0.1) is 0 Å². The molecule has 20 heavy (non-hydrogen) atoms. The van der Waals surface area contributed by atoms with Gasteiger partial charge in [-0.05, 0) is 30.7 Å². The minimum Gasteiger partial charge on any atom is -0.387 e. The zero-order chi connectivity index (χ0) is 14.5. The maximum atomic E-state index is 13.6. The smallest absolute Gasteiger partial charge is 0.127 e. The van der Waals surface area contributed by atoms with Gasteiger partial charge in [0.15, 0.2) is 0 Å². The van der Waals surface area contributed by atoms with Crippen LogP contribution in [0.4, 0.5) is 4.39 Å². The Morgan fingerprint density at radius 1 is 1.20 bits per heavy atom. The fourth-order valence-electron chi connectivity index (χ4n) is 2.06. The van der Waals surface area contributed by atoms with Crippen LogP contribution in [0.1, 0.15) is 30.2 Å². The van der Waals surface area contributed by atoms with Gasteiger partial charge in [0.2, 0.25) is 0 Å². The predicted octanol–water partition coefficient (Wildman–Crippen LogP) is 3.97. The Hall–Kier alpha value is -1.23. The highest BCUT2D eigenvalue weighted by atomic mass is 79.9. The van der Waals surface area contributed by atoms with Crippen molar-refractivity contribution in [3.8, 4) is 0 Å². The van der Waals surface area contributed by atoms with Gasteiger partial charge in [-0.1, -0.05) is 46.3 Å². The summed E-state index contributed by atoms with van der Waals surface area (Å²) in [6.45, 7) is 2.25. The van der Waals surface area contributed by atoms with Crippen LogP contribution in [0.2, 0.25) is 0 Å². The molecule has 2 aromatic rings. The predicted molar refractivity (Wildman–Crippen MR) is 81.9 cm³/mol. The van der Waals surface area contributed by atoms with Crippen LogP contribution in [0.3, 0.4) is 0 Å². The van der Waals surface area contributed by atoms with Crippen LogP contribution in [0.15, 0.2) is 53.0 Å². The van der Waals surface area contributed by atoms with Crippen molar-refractivity contribution in [1.82, 2.24) is 5.32 Å². The Morgan fingerprint density at radius 3 is 2.65 bits per heavy atom. The minimum absolute atomic E-state index is 0.155. The van der Waals surface area contributed by atoms with Gasteiger partial charge in [0.05, 0.1) is 6.10 Å². The highest BCUT2D eigenvalue weighted by Crippen LogP contribution is 2.20. The molecule has 4 heteroatoms. The van der Waals surface area contributed by atoms with E-state index in [0.717, 1.165) is 10.0 Å². The van der Waals surface area contributed by atoms with Crippen LogP contribution >= 0.6 is 15.9 Å². The lowest BCUT2D eigenvalue weighted by Gasteiger charge is -2.18. The van der Waals surface area contributed by atoms with Crippen molar-refractivity contribution in [2.24, 2.45) is 0 Å². The molecule has 0 aliphatic heterocycles. The number of benzene rings is 2. The quantitative estimate of drug-likeness (QED) is 0.865. The largest absolute Gasteiger partial charge is 0.387 e. The van der Waals surface area contributed by atoms with E-state index in [1.807, 2.05) is 31.2 Å². The Balaban J connectivity index is 1.97. The van der Waals surface area contributed by atoms with E-state index in [1.165, 1.54) is 6.07 Å². The Bertz CT molecular complexity index is 576. The molecule has 0 amide bonds. The zero-order valence-electron chi connectivity index (χ0n) is 11.2. The third-order valence-electron chi connectivity index (χ3n) is 3.22. The lowest BCUT2D eigenvalue weighted by molar-refractivity contribution is 0.170. The molecule has 1 unspecified atom stereocenters. The van der Waals surface area contributed by atoms with Crippen molar-refractivity contribution < 1.29 is 9.50 Å². The molecule has 0 heterocycles. The number of hydrogen-bond donors (Lipinski definition) is 2. The molecule has 106 valence electrons. The van der Waals surface area contributed by atoms with Crippen LogP contribution in [-0.4, -0.2) is 11.7 Å². The first-order valence-corrected chi connectivity index (χ1v) is 7.28. The molecule has 0 aliphatic rings. The van der Waals surface area contributed by atoms with Crippen molar-refractivity contribution in [2.45, 2.75) is 19.1 Å². The first-order chi connectivity index (χ1) is 9.58. The first kappa shape index (κ1) is 15.2. The molecule has 0 aromatic heterocycles. The molecule has 2 atom stereocenters. The van der Waals surface area contributed by atoms with Crippen LogP contribution < -0.4 is 5.32 Å². The van der Waals surface area contributed by atoms with E-state index >= 15 is 0 Å². The molecule has 2 nitrogen and oxygen atoms in total. The molecular weight excluding hydrogens is 321 g/mol. The van der Waals surface area contributed by atoms with Crippen LogP contribution in [0.5, 0.6) is 0 Å². The first-order valence-electron chi connectivity index (χ1n) is 6.49. The van der Waals surface area contributed by atoms with Gasteiger partial charge in [-0.3, -0.25) is 0 Å². The number of hydrogen-bond acceptors (Lipinski definition) is 2. The van der Waals surface area contributed by atoms with Crippen molar-refractivity contribution in [1.29, 1.82) is 0 Å². The summed E-state index contributed by atoms with van der Waals surface area (Å²) in [4.78, 5) is 0. The number of aliphatic hydroxyl groups is 1. The van der Waals surface area contributed by atoms with E-state index in [2.05, 4.69) is 21.2 Å². The molecule has 2 N–H and O–H groups in total. The van der Waals surface area contributed by atoms with Gasteiger partial charge < -0.3 is 10.4 Å². The second-order valence-corrected chi connectivity index (χ2v) is 5.64. The molecule has 0 spiro atoms. The van der Waals surface area contributed by atoms with Gasteiger partial charge in [0, 0.05) is 22.6 Å². The average molecular weight is 338 g/mol. The Labute approximate surface area is 126 Å². The van der Waals surface area contributed by atoms with Gasteiger partial charge in [-0.2, -0.15) is 0 Å². The highest BCUT2D eigenvalue weighted by molar-refractivity contribution is 9.10. The Morgan fingerprint density at radius 2 is 1.95 bits per heavy atom. The normalized spacial score (nSPS) is 14.0. The third kappa shape index (κ3) is 3.88. The number of aliphatic hydroxyl groups excluding tert-OH is 1.